The lowest BCUT2D eigenvalue weighted by Gasteiger charge is -2.11. The second kappa shape index (κ2) is 5.75. The van der Waals surface area contributed by atoms with E-state index in [1.54, 1.807) is 12.3 Å². The van der Waals surface area contributed by atoms with Gasteiger partial charge < -0.3 is 10.4 Å². The summed E-state index contributed by atoms with van der Waals surface area (Å²) in [5, 5.41) is 14.3. The molecule has 2 aromatic rings. The minimum Gasteiger partial charge on any atom is -0.387 e. The van der Waals surface area contributed by atoms with Gasteiger partial charge in [-0.15, -0.1) is 0 Å². The summed E-state index contributed by atoms with van der Waals surface area (Å²) in [4.78, 5) is 11.8. The van der Waals surface area contributed by atoms with Crippen LogP contribution in [0, 0.1) is 6.92 Å². The Morgan fingerprint density at radius 1 is 1.44 bits per heavy atom. The highest BCUT2D eigenvalue weighted by molar-refractivity contribution is 7.03. The van der Waals surface area contributed by atoms with Crippen molar-refractivity contribution in [3.05, 3.63) is 52.5 Å². The molecule has 1 aromatic carbocycles. The topological polar surface area (TPSA) is 62.2 Å². The van der Waals surface area contributed by atoms with E-state index in [0.29, 0.717) is 11.3 Å². The molecule has 2 N–H and O–H groups in total. The highest BCUT2D eigenvalue weighted by Crippen LogP contribution is 2.12. The van der Waals surface area contributed by atoms with Crippen LogP contribution in [0.4, 0.5) is 0 Å². The van der Waals surface area contributed by atoms with Gasteiger partial charge in [0.25, 0.3) is 5.91 Å². The Labute approximate surface area is 109 Å². The average molecular weight is 262 g/mol. The van der Waals surface area contributed by atoms with E-state index in [0.717, 1.165) is 5.56 Å². The van der Waals surface area contributed by atoms with Crippen LogP contribution in [0.3, 0.4) is 0 Å². The van der Waals surface area contributed by atoms with E-state index in [-0.39, 0.29) is 12.5 Å². The molecule has 0 saturated heterocycles. The van der Waals surface area contributed by atoms with Crippen LogP contribution in [-0.4, -0.2) is 21.9 Å². The molecule has 0 aliphatic heterocycles. The van der Waals surface area contributed by atoms with Crippen LogP contribution in [0.5, 0.6) is 0 Å². The first kappa shape index (κ1) is 12.7. The number of amides is 1. The van der Waals surface area contributed by atoms with Crippen molar-refractivity contribution in [2.24, 2.45) is 0 Å². The first-order valence-electron chi connectivity index (χ1n) is 5.60. The Morgan fingerprint density at radius 2 is 2.17 bits per heavy atom. The highest BCUT2D eigenvalue weighted by atomic mass is 32.1. The zero-order chi connectivity index (χ0) is 13.0. The van der Waals surface area contributed by atoms with Crippen molar-refractivity contribution < 1.29 is 9.90 Å². The predicted octanol–water partition coefficient (Wildman–Crippen LogP) is 1.91. The first-order chi connectivity index (χ1) is 8.68. The van der Waals surface area contributed by atoms with Gasteiger partial charge in [-0.05, 0) is 24.0 Å². The zero-order valence-corrected chi connectivity index (χ0v) is 10.8. The third kappa shape index (κ3) is 2.94. The fourth-order valence-electron chi connectivity index (χ4n) is 1.59. The SMILES string of the molecule is Cc1nscc1C(=O)NCC(O)c1ccccc1. The smallest absolute Gasteiger partial charge is 0.254 e. The Kier molecular flexibility index (Phi) is 4.07. The molecule has 18 heavy (non-hydrogen) atoms. The molecule has 94 valence electrons. The minimum absolute atomic E-state index is 0.193. The quantitative estimate of drug-likeness (QED) is 0.884. The van der Waals surface area contributed by atoms with Gasteiger partial charge in [-0.3, -0.25) is 4.79 Å². The number of hydrogen-bond acceptors (Lipinski definition) is 4. The van der Waals surface area contributed by atoms with Crippen molar-refractivity contribution in [2.75, 3.05) is 6.54 Å². The number of nitrogens with one attached hydrogen (secondary N) is 1. The lowest BCUT2D eigenvalue weighted by atomic mass is 10.1. The molecule has 0 aliphatic carbocycles. The monoisotopic (exact) mass is 262 g/mol. The number of hydrogen-bond donors (Lipinski definition) is 2. The molecule has 1 heterocycles. The molecule has 1 atom stereocenters. The second-order valence-corrected chi connectivity index (χ2v) is 4.58. The lowest BCUT2D eigenvalue weighted by molar-refractivity contribution is 0.0916. The maximum Gasteiger partial charge on any atom is 0.254 e. The number of benzene rings is 1. The number of aryl methyl sites for hydroxylation is 1. The van der Waals surface area contributed by atoms with Crippen LogP contribution < -0.4 is 5.32 Å². The Hall–Kier alpha value is -1.72. The van der Waals surface area contributed by atoms with E-state index >= 15 is 0 Å². The van der Waals surface area contributed by atoms with Crippen molar-refractivity contribution in [1.29, 1.82) is 0 Å². The Balaban J connectivity index is 1.93. The predicted molar refractivity (Wildman–Crippen MR) is 70.6 cm³/mol. The van der Waals surface area contributed by atoms with Gasteiger partial charge in [-0.1, -0.05) is 30.3 Å². The number of aliphatic hydroxyl groups excluding tert-OH is 1. The van der Waals surface area contributed by atoms with Crippen LogP contribution in [0.25, 0.3) is 0 Å². The molecule has 0 spiro atoms. The minimum atomic E-state index is -0.693. The summed E-state index contributed by atoms with van der Waals surface area (Å²) >= 11 is 1.25. The van der Waals surface area contributed by atoms with Crippen molar-refractivity contribution in [3.63, 3.8) is 0 Å². The molecule has 5 heteroatoms. The van der Waals surface area contributed by atoms with Gasteiger partial charge in [0, 0.05) is 11.9 Å². The van der Waals surface area contributed by atoms with Crippen molar-refractivity contribution >= 4 is 17.4 Å². The molecular formula is C13H14N2O2S. The first-order valence-corrected chi connectivity index (χ1v) is 6.44. The lowest BCUT2D eigenvalue weighted by Crippen LogP contribution is -2.28. The summed E-state index contributed by atoms with van der Waals surface area (Å²) < 4.78 is 4.04. The van der Waals surface area contributed by atoms with Gasteiger partial charge in [0.2, 0.25) is 0 Å². The van der Waals surface area contributed by atoms with Gasteiger partial charge in [-0.2, -0.15) is 4.37 Å². The average Bonchev–Trinajstić information content (AvgIpc) is 2.83. The number of carbonyl (C=O) groups excluding carboxylic acids is 1. The van der Waals surface area contributed by atoms with E-state index in [1.807, 2.05) is 30.3 Å². The van der Waals surface area contributed by atoms with Gasteiger partial charge in [0.1, 0.15) is 0 Å². The summed E-state index contributed by atoms with van der Waals surface area (Å²) in [6, 6.07) is 9.25. The van der Waals surface area contributed by atoms with Crippen molar-refractivity contribution in [3.8, 4) is 0 Å². The molecule has 0 saturated carbocycles. The molecule has 0 fully saturated rings. The maximum atomic E-state index is 11.8. The van der Waals surface area contributed by atoms with Crippen LogP contribution in [-0.2, 0) is 0 Å². The molecule has 0 bridgehead atoms. The second-order valence-electron chi connectivity index (χ2n) is 3.95. The summed E-state index contributed by atoms with van der Waals surface area (Å²) in [6.07, 6.45) is -0.693. The van der Waals surface area contributed by atoms with Gasteiger partial charge in [0.15, 0.2) is 0 Å². The maximum absolute atomic E-state index is 11.8. The molecule has 2 rings (SSSR count). The number of carbonyl (C=O) groups is 1. The van der Waals surface area contributed by atoms with Crippen LogP contribution in [0.15, 0.2) is 35.7 Å². The summed E-state index contributed by atoms with van der Waals surface area (Å²) in [7, 11) is 0. The standard InChI is InChI=1S/C13H14N2O2S/c1-9-11(8-18-15-9)13(17)14-7-12(16)10-5-3-2-4-6-10/h2-6,8,12,16H,7H2,1H3,(H,14,17). The van der Waals surface area contributed by atoms with Crippen molar-refractivity contribution in [1.82, 2.24) is 9.69 Å². The van der Waals surface area contributed by atoms with Crippen LogP contribution in [0.2, 0.25) is 0 Å². The van der Waals surface area contributed by atoms with Crippen LogP contribution >= 0.6 is 11.5 Å². The fraction of sp³-hybridized carbons (Fsp3) is 0.231. The van der Waals surface area contributed by atoms with E-state index in [4.69, 9.17) is 0 Å². The Morgan fingerprint density at radius 3 is 2.78 bits per heavy atom. The largest absolute Gasteiger partial charge is 0.387 e. The number of rotatable bonds is 4. The summed E-state index contributed by atoms with van der Waals surface area (Å²) in [5.41, 5.74) is 2.07. The van der Waals surface area contributed by atoms with Gasteiger partial charge in [-0.25, -0.2) is 0 Å². The number of aromatic nitrogens is 1. The van der Waals surface area contributed by atoms with E-state index in [9.17, 15) is 9.90 Å². The number of nitrogens with zero attached hydrogens (tertiary/aromatic N) is 1. The van der Waals surface area contributed by atoms with Crippen LogP contribution in [0.1, 0.15) is 27.7 Å². The molecule has 1 unspecified atom stereocenters. The summed E-state index contributed by atoms with van der Waals surface area (Å²) in [5.74, 6) is -0.198. The normalized spacial score (nSPS) is 12.1. The molecule has 1 aromatic heterocycles. The summed E-state index contributed by atoms with van der Waals surface area (Å²) in [6.45, 7) is 1.98. The van der Waals surface area contributed by atoms with Crippen molar-refractivity contribution in [2.45, 2.75) is 13.0 Å². The molecular weight excluding hydrogens is 248 g/mol. The third-order valence-corrected chi connectivity index (χ3v) is 3.36. The Bertz CT molecular complexity index is 525. The molecule has 1 amide bonds. The zero-order valence-electron chi connectivity index (χ0n) is 9.96. The third-order valence-electron chi connectivity index (χ3n) is 2.63. The number of aliphatic hydroxyl groups is 1. The fourth-order valence-corrected chi connectivity index (χ4v) is 2.28. The molecule has 0 aliphatic rings. The van der Waals surface area contributed by atoms with E-state index in [2.05, 4.69) is 9.69 Å². The van der Waals surface area contributed by atoms with E-state index in [1.165, 1.54) is 11.5 Å². The van der Waals surface area contributed by atoms with Gasteiger partial charge in [0.05, 0.1) is 17.4 Å². The molecule has 0 radical (unpaired) electrons. The van der Waals surface area contributed by atoms with E-state index < -0.39 is 6.10 Å². The molecule has 4 nitrogen and oxygen atoms in total. The van der Waals surface area contributed by atoms with Gasteiger partial charge >= 0.3 is 0 Å². The highest BCUT2D eigenvalue weighted by Gasteiger charge is 2.13.